The molecule has 2 rings (SSSR count). The molecule has 0 bridgehead atoms. The molecular formula is C8H13N3O. The van der Waals surface area contributed by atoms with Crippen molar-refractivity contribution in [3.63, 3.8) is 0 Å². The first kappa shape index (κ1) is 7.46. The molecule has 0 radical (unpaired) electrons. The van der Waals surface area contributed by atoms with Gasteiger partial charge in [-0.2, -0.15) is 5.10 Å². The second-order valence-corrected chi connectivity index (χ2v) is 3.21. The Labute approximate surface area is 71.3 Å². The number of nitrogens with zero attached hydrogens (tertiary/aromatic N) is 2. The van der Waals surface area contributed by atoms with E-state index in [2.05, 4.69) is 5.10 Å². The van der Waals surface area contributed by atoms with Gasteiger partial charge < -0.3 is 10.5 Å². The van der Waals surface area contributed by atoms with Crippen LogP contribution < -0.4 is 10.5 Å². The second kappa shape index (κ2) is 2.40. The molecule has 0 spiro atoms. The topological polar surface area (TPSA) is 53.1 Å². The fourth-order valence-electron chi connectivity index (χ4n) is 1.45. The molecule has 4 nitrogen and oxygen atoms in total. The number of nitrogen functional groups attached to an aromatic ring is 1. The molecule has 0 aromatic carbocycles. The minimum atomic E-state index is 0.583. The minimum Gasteiger partial charge on any atom is -0.480 e. The van der Waals surface area contributed by atoms with Gasteiger partial charge in [0.1, 0.15) is 5.69 Å². The lowest BCUT2D eigenvalue weighted by Gasteiger charge is -1.98. The maximum absolute atomic E-state index is 5.85. The Kier molecular flexibility index (Phi) is 1.49. The van der Waals surface area contributed by atoms with Crippen LogP contribution in [0.3, 0.4) is 0 Å². The van der Waals surface area contributed by atoms with Crippen LogP contribution in [0.4, 0.5) is 5.69 Å². The van der Waals surface area contributed by atoms with Gasteiger partial charge in [-0.15, -0.1) is 0 Å². The Morgan fingerprint density at radius 1 is 1.58 bits per heavy atom. The first-order chi connectivity index (χ1) is 5.74. The van der Waals surface area contributed by atoms with E-state index in [0.717, 1.165) is 5.69 Å². The van der Waals surface area contributed by atoms with Gasteiger partial charge in [0.25, 0.3) is 0 Å². The summed E-state index contributed by atoms with van der Waals surface area (Å²) < 4.78 is 6.81. The van der Waals surface area contributed by atoms with Gasteiger partial charge in [0, 0.05) is 13.0 Å². The lowest BCUT2D eigenvalue weighted by Crippen LogP contribution is -1.96. The summed E-state index contributed by atoms with van der Waals surface area (Å²) >= 11 is 0. The molecule has 12 heavy (non-hydrogen) atoms. The van der Waals surface area contributed by atoms with E-state index < -0.39 is 0 Å². The first-order valence-electron chi connectivity index (χ1n) is 4.10. The van der Waals surface area contributed by atoms with E-state index in [4.69, 9.17) is 10.5 Å². The Bertz CT molecular complexity index is 301. The molecule has 4 heteroatoms. The van der Waals surface area contributed by atoms with Gasteiger partial charge in [-0.1, -0.05) is 0 Å². The lowest BCUT2D eigenvalue weighted by molar-refractivity contribution is 0.375. The second-order valence-electron chi connectivity index (χ2n) is 3.21. The summed E-state index contributed by atoms with van der Waals surface area (Å²) in [5, 5.41) is 4.31. The van der Waals surface area contributed by atoms with Crippen LogP contribution in [0, 0.1) is 0 Å². The van der Waals surface area contributed by atoms with Gasteiger partial charge in [0.2, 0.25) is 5.88 Å². The van der Waals surface area contributed by atoms with E-state index in [1.54, 1.807) is 11.8 Å². The average molecular weight is 167 g/mol. The summed E-state index contributed by atoms with van der Waals surface area (Å²) in [5.74, 6) is 1.26. The molecule has 1 aliphatic carbocycles. The van der Waals surface area contributed by atoms with Gasteiger partial charge in [-0.05, 0) is 12.8 Å². The van der Waals surface area contributed by atoms with Crippen LogP contribution in [0.1, 0.15) is 24.5 Å². The highest BCUT2D eigenvalue weighted by molar-refractivity contribution is 5.55. The number of rotatable bonds is 2. The fourth-order valence-corrected chi connectivity index (χ4v) is 1.45. The Balaban J connectivity index is 2.42. The zero-order chi connectivity index (χ0) is 8.72. The maximum atomic E-state index is 5.85. The molecule has 1 heterocycles. The maximum Gasteiger partial charge on any atom is 0.235 e. The number of methoxy groups -OCH3 is 1. The quantitative estimate of drug-likeness (QED) is 0.711. The predicted octanol–water partition coefficient (Wildman–Crippen LogP) is 0.888. The number of ether oxygens (including phenoxy) is 1. The van der Waals surface area contributed by atoms with Crippen molar-refractivity contribution in [3.05, 3.63) is 5.69 Å². The number of nitrogens with two attached hydrogens (primary N) is 1. The number of hydrogen-bond donors (Lipinski definition) is 1. The SMILES string of the molecule is COc1c(N)c(C2CC2)nn1C. The standard InChI is InChI=1S/C8H13N3O/c1-11-8(12-2)6(9)7(10-11)5-3-4-5/h5H,3-4,9H2,1-2H3. The summed E-state index contributed by atoms with van der Waals surface area (Å²) in [6.07, 6.45) is 2.43. The third-order valence-corrected chi connectivity index (χ3v) is 2.22. The van der Waals surface area contributed by atoms with Crippen LogP contribution in [-0.2, 0) is 7.05 Å². The van der Waals surface area contributed by atoms with Gasteiger partial charge in [0.05, 0.1) is 12.8 Å². The molecule has 1 aromatic heterocycles. The smallest absolute Gasteiger partial charge is 0.235 e. The molecule has 66 valence electrons. The van der Waals surface area contributed by atoms with Crippen LogP contribution in [0.5, 0.6) is 5.88 Å². The molecule has 1 saturated carbocycles. The Morgan fingerprint density at radius 2 is 2.25 bits per heavy atom. The highest BCUT2D eigenvalue weighted by Crippen LogP contribution is 2.44. The number of aryl methyl sites for hydroxylation is 1. The number of hydrogen-bond acceptors (Lipinski definition) is 3. The van der Waals surface area contributed by atoms with Gasteiger partial charge in [0.15, 0.2) is 0 Å². The lowest BCUT2D eigenvalue weighted by atomic mass is 10.2. The number of anilines is 1. The van der Waals surface area contributed by atoms with Crippen LogP contribution in [-0.4, -0.2) is 16.9 Å². The van der Waals surface area contributed by atoms with Crippen molar-refractivity contribution in [2.24, 2.45) is 7.05 Å². The summed E-state index contributed by atoms with van der Waals surface area (Å²) in [5.41, 5.74) is 7.57. The molecule has 0 saturated heterocycles. The highest BCUT2D eigenvalue weighted by Gasteiger charge is 2.30. The number of aromatic nitrogens is 2. The summed E-state index contributed by atoms with van der Waals surface area (Å²) in [6, 6.07) is 0. The normalized spacial score (nSPS) is 16.5. The van der Waals surface area contributed by atoms with Crippen LogP contribution >= 0.6 is 0 Å². The molecule has 0 aliphatic heterocycles. The molecule has 1 aliphatic rings. The largest absolute Gasteiger partial charge is 0.480 e. The van der Waals surface area contributed by atoms with Crippen molar-refractivity contribution in [1.82, 2.24) is 9.78 Å². The van der Waals surface area contributed by atoms with Crippen LogP contribution in [0.2, 0.25) is 0 Å². The van der Waals surface area contributed by atoms with Crippen molar-refractivity contribution in [2.45, 2.75) is 18.8 Å². The molecule has 0 unspecified atom stereocenters. The third-order valence-electron chi connectivity index (χ3n) is 2.22. The monoisotopic (exact) mass is 167 g/mol. The Hall–Kier alpha value is -1.19. The van der Waals surface area contributed by atoms with Crippen LogP contribution in [0.25, 0.3) is 0 Å². The molecule has 0 amide bonds. The van der Waals surface area contributed by atoms with Gasteiger partial charge in [-0.25, -0.2) is 4.68 Å². The van der Waals surface area contributed by atoms with Crippen LogP contribution in [0.15, 0.2) is 0 Å². The van der Waals surface area contributed by atoms with Gasteiger partial charge >= 0.3 is 0 Å². The van der Waals surface area contributed by atoms with Crippen molar-refractivity contribution in [3.8, 4) is 5.88 Å². The predicted molar refractivity (Wildman–Crippen MR) is 46.1 cm³/mol. The molecule has 1 aromatic rings. The van der Waals surface area contributed by atoms with E-state index in [1.807, 2.05) is 7.05 Å². The van der Waals surface area contributed by atoms with Crippen molar-refractivity contribution >= 4 is 5.69 Å². The summed E-state index contributed by atoms with van der Waals surface area (Å²) in [7, 11) is 3.46. The average Bonchev–Trinajstić information content (AvgIpc) is 2.80. The molecule has 2 N–H and O–H groups in total. The fraction of sp³-hybridized carbons (Fsp3) is 0.625. The van der Waals surface area contributed by atoms with Gasteiger partial charge in [-0.3, -0.25) is 0 Å². The Morgan fingerprint density at radius 3 is 2.67 bits per heavy atom. The van der Waals surface area contributed by atoms with E-state index in [1.165, 1.54) is 12.8 Å². The van der Waals surface area contributed by atoms with Crippen molar-refractivity contribution in [2.75, 3.05) is 12.8 Å². The van der Waals surface area contributed by atoms with E-state index in [-0.39, 0.29) is 0 Å². The summed E-state index contributed by atoms with van der Waals surface area (Å²) in [4.78, 5) is 0. The van der Waals surface area contributed by atoms with E-state index in [0.29, 0.717) is 17.5 Å². The van der Waals surface area contributed by atoms with Crippen molar-refractivity contribution in [1.29, 1.82) is 0 Å². The zero-order valence-corrected chi connectivity index (χ0v) is 7.37. The first-order valence-corrected chi connectivity index (χ1v) is 4.10. The molecule has 0 atom stereocenters. The van der Waals surface area contributed by atoms with Crippen molar-refractivity contribution < 1.29 is 4.74 Å². The zero-order valence-electron chi connectivity index (χ0n) is 7.37. The van der Waals surface area contributed by atoms with E-state index >= 15 is 0 Å². The minimum absolute atomic E-state index is 0.583. The molecule has 1 fully saturated rings. The highest BCUT2D eigenvalue weighted by atomic mass is 16.5. The molecular weight excluding hydrogens is 154 g/mol. The summed E-state index contributed by atoms with van der Waals surface area (Å²) in [6.45, 7) is 0. The third kappa shape index (κ3) is 0.948. The van der Waals surface area contributed by atoms with E-state index in [9.17, 15) is 0 Å².